The van der Waals surface area contributed by atoms with E-state index in [1.807, 2.05) is 0 Å². The quantitative estimate of drug-likeness (QED) is 0.413. The molecule has 164 valence electrons. The Morgan fingerprint density at radius 1 is 1.03 bits per heavy atom. The number of carbonyl (C=O) groups excluding carboxylic acids is 1. The van der Waals surface area contributed by atoms with Crippen LogP contribution in [-0.4, -0.2) is 31.7 Å². The standard InChI is InChI=1S/C20H16B2F4N2O4/c21-19(22,31)14-8-11(23)2-4-15(14)32-16-7-10(20(24,25)26)1-3-13(16)18(30)28-12-5-6-27-17(29)9-12/h1-9,31H,21-22H2,(H2,27,28,29,30). The number of hydrogen-bond acceptors (Lipinski definition) is 4. The highest BCUT2D eigenvalue weighted by molar-refractivity contribution is 6.38. The van der Waals surface area contributed by atoms with Crippen LogP contribution in [0.5, 0.6) is 11.5 Å². The monoisotopic (exact) mass is 446 g/mol. The summed E-state index contributed by atoms with van der Waals surface area (Å²) >= 11 is 0. The number of aromatic amines is 1. The van der Waals surface area contributed by atoms with E-state index in [1.165, 1.54) is 28.0 Å². The summed E-state index contributed by atoms with van der Waals surface area (Å²) < 4.78 is 59.1. The predicted octanol–water partition coefficient (Wildman–Crippen LogP) is 1.95. The summed E-state index contributed by atoms with van der Waals surface area (Å²) in [6.07, 6.45) is -3.43. The van der Waals surface area contributed by atoms with E-state index in [4.69, 9.17) is 4.74 Å². The molecule has 3 aromatic rings. The van der Waals surface area contributed by atoms with Crippen molar-refractivity contribution < 1.29 is 32.2 Å². The van der Waals surface area contributed by atoms with Gasteiger partial charge in [0.2, 0.25) is 5.56 Å². The van der Waals surface area contributed by atoms with Gasteiger partial charge in [0.15, 0.2) is 0 Å². The summed E-state index contributed by atoms with van der Waals surface area (Å²) in [6.45, 7) is 0. The molecule has 1 amide bonds. The van der Waals surface area contributed by atoms with Crippen molar-refractivity contribution in [3.8, 4) is 11.5 Å². The van der Waals surface area contributed by atoms with Crippen molar-refractivity contribution in [3.63, 3.8) is 0 Å². The van der Waals surface area contributed by atoms with Gasteiger partial charge in [-0.25, -0.2) is 4.39 Å². The molecule has 0 fully saturated rings. The molecule has 0 aliphatic carbocycles. The van der Waals surface area contributed by atoms with Gasteiger partial charge in [-0.2, -0.15) is 13.2 Å². The highest BCUT2D eigenvalue weighted by Crippen LogP contribution is 2.37. The minimum atomic E-state index is -4.72. The number of ether oxygens (including phenoxy) is 1. The summed E-state index contributed by atoms with van der Waals surface area (Å²) in [6, 6.07) is 7.87. The number of rotatable bonds is 5. The Morgan fingerprint density at radius 2 is 1.75 bits per heavy atom. The average molecular weight is 446 g/mol. The van der Waals surface area contributed by atoms with Crippen molar-refractivity contribution in [2.75, 3.05) is 5.32 Å². The molecule has 0 spiro atoms. The summed E-state index contributed by atoms with van der Waals surface area (Å²) in [5.74, 6) is -2.14. The van der Waals surface area contributed by atoms with Crippen LogP contribution in [0.1, 0.15) is 21.5 Å². The molecule has 0 atom stereocenters. The number of alkyl halides is 3. The summed E-state index contributed by atoms with van der Waals surface area (Å²) in [5.41, 5.74) is -1.76. The lowest BCUT2D eigenvalue weighted by Crippen LogP contribution is -2.26. The first kappa shape index (κ1) is 23.1. The van der Waals surface area contributed by atoms with Crippen molar-refractivity contribution in [1.82, 2.24) is 4.98 Å². The Balaban J connectivity index is 2.07. The van der Waals surface area contributed by atoms with E-state index >= 15 is 0 Å². The maximum Gasteiger partial charge on any atom is 0.416 e. The largest absolute Gasteiger partial charge is 0.456 e. The van der Waals surface area contributed by atoms with Gasteiger partial charge in [-0.3, -0.25) is 9.59 Å². The van der Waals surface area contributed by atoms with E-state index in [0.29, 0.717) is 12.1 Å². The summed E-state index contributed by atoms with van der Waals surface area (Å²) in [5, 5.41) is 11.1. The van der Waals surface area contributed by atoms with Crippen molar-refractivity contribution in [2.45, 2.75) is 11.6 Å². The van der Waals surface area contributed by atoms with Crippen LogP contribution in [0, 0.1) is 5.82 Å². The van der Waals surface area contributed by atoms with Gasteiger partial charge >= 0.3 is 6.18 Å². The summed E-state index contributed by atoms with van der Waals surface area (Å²) in [4.78, 5) is 26.5. The third-order valence-electron chi connectivity index (χ3n) is 4.41. The molecule has 3 rings (SSSR count). The fraction of sp³-hybridized carbons (Fsp3) is 0.100. The smallest absolute Gasteiger partial charge is 0.416 e. The van der Waals surface area contributed by atoms with Crippen LogP contribution in [-0.2, 0) is 11.6 Å². The molecule has 3 N–H and O–H groups in total. The molecular formula is C20H16B2F4N2O4. The van der Waals surface area contributed by atoms with Crippen LogP contribution < -0.4 is 15.6 Å². The average Bonchev–Trinajstić information content (AvgIpc) is 2.67. The number of halogens is 4. The third-order valence-corrected chi connectivity index (χ3v) is 4.41. The van der Waals surface area contributed by atoms with E-state index in [9.17, 15) is 32.3 Å². The van der Waals surface area contributed by atoms with Crippen molar-refractivity contribution in [3.05, 3.63) is 87.6 Å². The SMILES string of the molecule is BC(B)(O)c1cc(F)ccc1Oc1cc(C(F)(F)F)ccc1C(=O)Nc1cc[nH]c(=O)c1. The summed E-state index contributed by atoms with van der Waals surface area (Å²) in [7, 11) is 2.70. The highest BCUT2D eigenvalue weighted by Gasteiger charge is 2.32. The molecule has 12 heteroatoms. The van der Waals surface area contributed by atoms with E-state index in [0.717, 1.165) is 30.3 Å². The van der Waals surface area contributed by atoms with Crippen molar-refractivity contribution in [2.24, 2.45) is 0 Å². The topological polar surface area (TPSA) is 91.4 Å². The Hall–Kier alpha value is -3.53. The Labute approximate surface area is 181 Å². The molecule has 0 aliphatic rings. The second kappa shape index (κ2) is 8.54. The van der Waals surface area contributed by atoms with Gasteiger partial charge in [-0.1, -0.05) is 0 Å². The van der Waals surface area contributed by atoms with Crippen LogP contribution in [0.4, 0.5) is 23.2 Å². The predicted molar refractivity (Wildman–Crippen MR) is 114 cm³/mol. The molecule has 0 saturated carbocycles. The second-order valence-corrected chi connectivity index (χ2v) is 7.41. The van der Waals surface area contributed by atoms with Gasteiger partial charge < -0.3 is 20.1 Å². The highest BCUT2D eigenvalue weighted by atomic mass is 19.4. The van der Waals surface area contributed by atoms with Crippen molar-refractivity contribution >= 4 is 27.3 Å². The molecule has 0 saturated heterocycles. The minimum Gasteiger partial charge on any atom is -0.456 e. The Bertz CT molecular complexity index is 1220. The first-order valence-electron chi connectivity index (χ1n) is 9.26. The number of aliphatic hydroxyl groups is 1. The van der Waals surface area contributed by atoms with Crippen molar-refractivity contribution in [1.29, 1.82) is 0 Å². The fourth-order valence-corrected chi connectivity index (χ4v) is 2.88. The van der Waals surface area contributed by atoms with E-state index < -0.39 is 40.2 Å². The molecule has 0 aliphatic heterocycles. The minimum absolute atomic E-state index is 0.0316. The zero-order chi connectivity index (χ0) is 23.7. The first-order chi connectivity index (χ1) is 14.8. The van der Waals surface area contributed by atoms with E-state index in [1.54, 1.807) is 0 Å². The molecule has 0 radical (unpaired) electrons. The third kappa shape index (κ3) is 5.38. The van der Waals surface area contributed by atoms with Crippen LogP contribution >= 0.6 is 0 Å². The maximum absolute atomic E-state index is 13.7. The van der Waals surface area contributed by atoms with Crippen LogP contribution in [0.3, 0.4) is 0 Å². The van der Waals surface area contributed by atoms with E-state index in [-0.39, 0.29) is 22.6 Å². The number of pyridine rings is 1. The maximum atomic E-state index is 13.7. The number of aromatic nitrogens is 1. The van der Waals surface area contributed by atoms with Crippen LogP contribution in [0.15, 0.2) is 59.5 Å². The Morgan fingerprint density at radius 3 is 2.38 bits per heavy atom. The number of amides is 1. The molecule has 0 unspecified atom stereocenters. The molecule has 0 bridgehead atoms. The Kier molecular flexibility index (Phi) is 6.18. The number of nitrogens with one attached hydrogen (secondary N) is 2. The number of benzene rings is 2. The normalized spacial score (nSPS) is 11.8. The zero-order valence-electron chi connectivity index (χ0n) is 16.9. The lowest BCUT2D eigenvalue weighted by Gasteiger charge is -2.23. The van der Waals surface area contributed by atoms with Gasteiger partial charge in [-0.05, 0) is 42.5 Å². The second-order valence-electron chi connectivity index (χ2n) is 7.41. The molecular weight excluding hydrogens is 430 g/mol. The fourth-order valence-electron chi connectivity index (χ4n) is 2.88. The zero-order valence-corrected chi connectivity index (χ0v) is 16.9. The molecule has 1 heterocycles. The number of H-pyrrole nitrogens is 1. The van der Waals surface area contributed by atoms with Crippen LogP contribution in [0.2, 0.25) is 0 Å². The lowest BCUT2D eigenvalue weighted by atomic mass is 9.61. The van der Waals surface area contributed by atoms with Gasteiger partial charge in [0.05, 0.1) is 11.1 Å². The number of anilines is 1. The van der Waals surface area contributed by atoms with Gasteiger partial charge in [0.25, 0.3) is 5.91 Å². The molecule has 6 nitrogen and oxygen atoms in total. The molecule has 1 aromatic heterocycles. The number of hydrogen-bond donors (Lipinski definition) is 3. The number of carbonyl (C=O) groups is 1. The molecule has 2 aromatic carbocycles. The van der Waals surface area contributed by atoms with Gasteiger partial charge in [0.1, 0.15) is 33.0 Å². The van der Waals surface area contributed by atoms with E-state index in [2.05, 4.69) is 10.3 Å². The lowest BCUT2D eigenvalue weighted by molar-refractivity contribution is -0.137. The van der Waals surface area contributed by atoms with Gasteiger partial charge in [0, 0.05) is 28.9 Å². The molecule has 32 heavy (non-hydrogen) atoms. The van der Waals surface area contributed by atoms with Crippen LogP contribution in [0.25, 0.3) is 0 Å². The van der Waals surface area contributed by atoms with Gasteiger partial charge in [-0.15, -0.1) is 0 Å². The first-order valence-corrected chi connectivity index (χ1v) is 9.26.